The van der Waals surface area contributed by atoms with E-state index < -0.39 is 0 Å². The molecule has 0 saturated heterocycles. The van der Waals surface area contributed by atoms with E-state index in [2.05, 4.69) is 13.5 Å². The first kappa shape index (κ1) is 12.3. The highest BCUT2D eigenvalue weighted by molar-refractivity contribution is 5.86. The van der Waals surface area contributed by atoms with Gasteiger partial charge in [0.05, 0.1) is 6.61 Å². The van der Waals surface area contributed by atoms with Gasteiger partial charge >= 0.3 is 5.97 Å². The summed E-state index contributed by atoms with van der Waals surface area (Å²) in [7, 11) is 0. The Balaban J connectivity index is 2.10. The van der Waals surface area contributed by atoms with Gasteiger partial charge in [-0.05, 0) is 25.2 Å². The van der Waals surface area contributed by atoms with Crippen molar-refractivity contribution in [2.24, 2.45) is 11.8 Å². The van der Waals surface area contributed by atoms with Crippen molar-refractivity contribution in [2.75, 3.05) is 6.61 Å². The van der Waals surface area contributed by atoms with Gasteiger partial charge in [-0.15, -0.1) is 0 Å². The zero-order valence-electron chi connectivity index (χ0n) is 9.92. The van der Waals surface area contributed by atoms with Crippen molar-refractivity contribution in [3.05, 3.63) is 12.2 Å². The summed E-state index contributed by atoms with van der Waals surface area (Å²) < 4.78 is 5.09. The molecule has 0 radical (unpaired) electrons. The van der Waals surface area contributed by atoms with Gasteiger partial charge in [0.2, 0.25) is 0 Å². The van der Waals surface area contributed by atoms with Gasteiger partial charge in [-0.1, -0.05) is 39.2 Å². The number of esters is 1. The van der Waals surface area contributed by atoms with Crippen LogP contribution in [0.15, 0.2) is 12.2 Å². The second-order valence-electron chi connectivity index (χ2n) is 4.83. The zero-order chi connectivity index (χ0) is 11.3. The predicted molar refractivity (Wildman–Crippen MR) is 61.5 cm³/mol. The normalized spacial score (nSPS) is 26.0. The molecule has 1 aliphatic rings. The third-order valence-electron chi connectivity index (χ3n) is 3.24. The first-order chi connectivity index (χ1) is 7.09. The standard InChI is InChI=1S/C13H22O2/c1-10(2)13(14)15-9-8-12-6-4-11(3)5-7-12/h11-12H,1,4-9H2,2-3H3. The number of hydrogen-bond acceptors (Lipinski definition) is 2. The van der Waals surface area contributed by atoms with Crippen LogP contribution >= 0.6 is 0 Å². The highest BCUT2D eigenvalue weighted by Crippen LogP contribution is 2.30. The minimum Gasteiger partial charge on any atom is -0.462 e. The summed E-state index contributed by atoms with van der Waals surface area (Å²) in [5.74, 6) is 1.40. The topological polar surface area (TPSA) is 26.3 Å². The highest BCUT2D eigenvalue weighted by atomic mass is 16.5. The Kier molecular flexibility index (Phi) is 4.86. The number of carbonyl (C=O) groups is 1. The maximum Gasteiger partial charge on any atom is 0.333 e. The fourth-order valence-corrected chi connectivity index (χ4v) is 2.06. The Morgan fingerprint density at radius 1 is 1.33 bits per heavy atom. The molecule has 86 valence electrons. The zero-order valence-corrected chi connectivity index (χ0v) is 9.92. The van der Waals surface area contributed by atoms with Gasteiger partial charge in [-0.25, -0.2) is 4.79 Å². The molecule has 0 aliphatic heterocycles. The van der Waals surface area contributed by atoms with Crippen LogP contribution in [0.5, 0.6) is 0 Å². The Bertz CT molecular complexity index is 225. The third kappa shape index (κ3) is 4.50. The lowest BCUT2D eigenvalue weighted by atomic mass is 9.82. The van der Waals surface area contributed by atoms with Gasteiger partial charge in [0, 0.05) is 5.57 Å². The maximum absolute atomic E-state index is 11.1. The smallest absolute Gasteiger partial charge is 0.333 e. The van der Waals surface area contributed by atoms with Crippen molar-refractivity contribution in [3.63, 3.8) is 0 Å². The molecule has 0 spiro atoms. The van der Waals surface area contributed by atoms with Gasteiger partial charge in [0.1, 0.15) is 0 Å². The molecule has 1 aliphatic carbocycles. The van der Waals surface area contributed by atoms with Crippen molar-refractivity contribution in [3.8, 4) is 0 Å². The molecule has 0 aromatic heterocycles. The van der Waals surface area contributed by atoms with Crippen molar-refractivity contribution in [1.82, 2.24) is 0 Å². The first-order valence-corrected chi connectivity index (χ1v) is 5.92. The maximum atomic E-state index is 11.1. The number of rotatable bonds is 4. The van der Waals surface area contributed by atoms with E-state index in [-0.39, 0.29) is 5.97 Å². The molecule has 0 atom stereocenters. The van der Waals surface area contributed by atoms with E-state index in [1.54, 1.807) is 6.92 Å². The average Bonchev–Trinajstić information content (AvgIpc) is 2.20. The SMILES string of the molecule is C=C(C)C(=O)OCCC1CCC(C)CC1. The van der Waals surface area contributed by atoms with Crippen molar-refractivity contribution in [1.29, 1.82) is 0 Å². The van der Waals surface area contributed by atoms with E-state index in [0.717, 1.165) is 18.3 Å². The number of carbonyl (C=O) groups excluding carboxylic acids is 1. The lowest BCUT2D eigenvalue weighted by Gasteiger charge is -2.25. The first-order valence-electron chi connectivity index (χ1n) is 5.92. The van der Waals surface area contributed by atoms with Crippen LogP contribution in [-0.4, -0.2) is 12.6 Å². The summed E-state index contributed by atoms with van der Waals surface area (Å²) in [4.78, 5) is 11.1. The van der Waals surface area contributed by atoms with Crippen molar-refractivity contribution < 1.29 is 9.53 Å². The molecule has 1 saturated carbocycles. The molecule has 2 heteroatoms. The van der Waals surface area contributed by atoms with Crippen LogP contribution in [0.2, 0.25) is 0 Å². The molecule has 1 rings (SSSR count). The molecule has 0 unspecified atom stereocenters. The van der Waals surface area contributed by atoms with Gasteiger partial charge in [-0.2, -0.15) is 0 Å². The monoisotopic (exact) mass is 210 g/mol. The predicted octanol–water partition coefficient (Wildman–Crippen LogP) is 3.32. The van der Waals surface area contributed by atoms with Crippen LogP contribution in [0, 0.1) is 11.8 Å². The Labute approximate surface area is 92.7 Å². The molecule has 0 heterocycles. The quantitative estimate of drug-likeness (QED) is 0.525. The van der Waals surface area contributed by atoms with E-state index in [9.17, 15) is 4.79 Å². The summed E-state index contributed by atoms with van der Waals surface area (Å²) in [6.07, 6.45) is 6.28. The fraction of sp³-hybridized carbons (Fsp3) is 0.769. The fourth-order valence-electron chi connectivity index (χ4n) is 2.06. The van der Waals surface area contributed by atoms with Crippen LogP contribution in [0.4, 0.5) is 0 Å². The Hall–Kier alpha value is -0.790. The van der Waals surface area contributed by atoms with Gasteiger partial charge in [-0.3, -0.25) is 0 Å². The minimum atomic E-state index is -0.251. The third-order valence-corrected chi connectivity index (χ3v) is 3.24. The largest absolute Gasteiger partial charge is 0.462 e. The Morgan fingerprint density at radius 3 is 2.47 bits per heavy atom. The van der Waals surface area contributed by atoms with E-state index in [1.165, 1.54) is 25.7 Å². The molecule has 1 fully saturated rings. The van der Waals surface area contributed by atoms with Gasteiger partial charge in [0.15, 0.2) is 0 Å². The van der Waals surface area contributed by atoms with E-state index >= 15 is 0 Å². The molecular formula is C13H22O2. The highest BCUT2D eigenvalue weighted by Gasteiger charge is 2.18. The lowest BCUT2D eigenvalue weighted by Crippen LogP contribution is -2.15. The van der Waals surface area contributed by atoms with E-state index in [0.29, 0.717) is 12.2 Å². The minimum absolute atomic E-state index is 0.251. The van der Waals surface area contributed by atoms with Crippen LogP contribution in [0.25, 0.3) is 0 Å². The van der Waals surface area contributed by atoms with Crippen molar-refractivity contribution >= 4 is 5.97 Å². The van der Waals surface area contributed by atoms with Crippen LogP contribution in [-0.2, 0) is 9.53 Å². The molecule has 2 nitrogen and oxygen atoms in total. The van der Waals surface area contributed by atoms with Crippen LogP contribution < -0.4 is 0 Å². The summed E-state index contributed by atoms with van der Waals surface area (Å²) in [6.45, 7) is 8.12. The van der Waals surface area contributed by atoms with Crippen LogP contribution in [0.3, 0.4) is 0 Å². The Morgan fingerprint density at radius 2 is 1.93 bits per heavy atom. The molecule has 15 heavy (non-hydrogen) atoms. The summed E-state index contributed by atoms with van der Waals surface area (Å²) >= 11 is 0. The van der Waals surface area contributed by atoms with Crippen LogP contribution in [0.1, 0.15) is 46.0 Å². The number of hydrogen-bond donors (Lipinski definition) is 0. The van der Waals surface area contributed by atoms with E-state index in [4.69, 9.17) is 4.74 Å². The van der Waals surface area contributed by atoms with Crippen molar-refractivity contribution in [2.45, 2.75) is 46.0 Å². The molecule has 0 bridgehead atoms. The summed E-state index contributed by atoms with van der Waals surface area (Å²) in [6, 6.07) is 0. The molecule has 0 aromatic carbocycles. The molecule has 0 N–H and O–H groups in total. The second kappa shape index (κ2) is 5.94. The van der Waals surface area contributed by atoms with Gasteiger partial charge in [0.25, 0.3) is 0 Å². The molecule has 0 amide bonds. The van der Waals surface area contributed by atoms with Gasteiger partial charge < -0.3 is 4.74 Å². The summed E-state index contributed by atoms with van der Waals surface area (Å²) in [5.41, 5.74) is 0.493. The lowest BCUT2D eigenvalue weighted by molar-refractivity contribution is -0.139. The molecular weight excluding hydrogens is 188 g/mol. The average molecular weight is 210 g/mol. The molecule has 0 aromatic rings. The summed E-state index contributed by atoms with van der Waals surface area (Å²) in [5, 5.41) is 0. The second-order valence-corrected chi connectivity index (χ2v) is 4.83. The number of ether oxygens (including phenoxy) is 1. The van der Waals surface area contributed by atoms with E-state index in [1.807, 2.05) is 0 Å².